The average molecular weight is 751 g/mol. The van der Waals surface area contributed by atoms with Gasteiger partial charge >= 0.3 is 5.97 Å². The van der Waals surface area contributed by atoms with Crippen molar-refractivity contribution in [1.29, 1.82) is 0 Å². The number of amides is 7. The molecule has 2 aliphatic rings. The van der Waals surface area contributed by atoms with Crippen molar-refractivity contribution in [3.63, 3.8) is 0 Å². The summed E-state index contributed by atoms with van der Waals surface area (Å²) in [6.07, 6.45) is 2.30. The molecule has 2 aliphatic heterocycles. The van der Waals surface area contributed by atoms with Crippen molar-refractivity contribution in [3.05, 3.63) is 0 Å². The predicted molar refractivity (Wildman–Crippen MR) is 196 cm³/mol. The molecule has 2 rings (SSSR count). The number of likely N-dealkylation sites (tertiary alicyclic amines) is 2. The van der Waals surface area contributed by atoms with Crippen LogP contribution in [-0.2, 0) is 38.4 Å². The van der Waals surface area contributed by atoms with Crippen LogP contribution in [0, 0.1) is 17.8 Å². The molecule has 0 aromatic rings. The lowest BCUT2D eigenvalue weighted by atomic mass is 10.0. The molecule has 0 radical (unpaired) electrons. The molecular weight excluding hydrogens is 688 g/mol. The monoisotopic (exact) mass is 750 g/mol. The lowest BCUT2D eigenvalue weighted by Crippen LogP contribution is -2.59. The van der Waals surface area contributed by atoms with E-state index in [9.17, 15) is 43.5 Å². The smallest absolute Gasteiger partial charge is 0.325 e. The van der Waals surface area contributed by atoms with Gasteiger partial charge in [-0.15, -0.1) is 0 Å². The Kier molecular flexibility index (Phi) is 17.1. The van der Waals surface area contributed by atoms with E-state index in [-0.39, 0.29) is 37.3 Å². The third kappa shape index (κ3) is 13.0. The summed E-state index contributed by atoms with van der Waals surface area (Å²) < 4.78 is 0. The fourth-order valence-electron chi connectivity index (χ4n) is 6.44. The lowest BCUT2D eigenvalue weighted by Gasteiger charge is -2.31. The van der Waals surface area contributed by atoms with Gasteiger partial charge in [0, 0.05) is 13.1 Å². The van der Waals surface area contributed by atoms with Gasteiger partial charge in [-0.1, -0.05) is 41.5 Å². The number of hydrogen-bond donors (Lipinski definition) is 7. The summed E-state index contributed by atoms with van der Waals surface area (Å²) in [5.41, 5.74) is 5.97. The quantitative estimate of drug-likeness (QED) is 0.0956. The van der Waals surface area contributed by atoms with Gasteiger partial charge in [-0.2, -0.15) is 0 Å². The number of rotatable bonds is 18. The Morgan fingerprint density at radius 2 is 1.04 bits per heavy atom. The van der Waals surface area contributed by atoms with Gasteiger partial charge in [0.05, 0.1) is 6.04 Å². The Balaban J connectivity index is 2.08. The third-order valence-electron chi connectivity index (χ3n) is 9.57. The summed E-state index contributed by atoms with van der Waals surface area (Å²) in [4.78, 5) is 107. The molecule has 8 atom stereocenters. The Hall–Kier alpha value is -4.28. The van der Waals surface area contributed by atoms with Gasteiger partial charge in [0.2, 0.25) is 41.4 Å². The van der Waals surface area contributed by atoms with Crippen molar-refractivity contribution in [2.45, 2.75) is 149 Å². The lowest BCUT2D eigenvalue weighted by molar-refractivity contribution is -0.145. The number of carboxylic acid groups (broad SMARTS) is 1. The van der Waals surface area contributed by atoms with E-state index in [1.54, 1.807) is 13.8 Å². The van der Waals surface area contributed by atoms with Crippen molar-refractivity contribution in [2.24, 2.45) is 23.5 Å². The molecule has 17 heteroatoms. The number of carboxylic acids is 1. The maximum absolute atomic E-state index is 13.7. The molecule has 2 saturated heterocycles. The minimum Gasteiger partial charge on any atom is -0.480 e. The van der Waals surface area contributed by atoms with Crippen molar-refractivity contribution in [1.82, 2.24) is 36.4 Å². The number of nitrogens with zero attached hydrogens (tertiary/aromatic N) is 2. The van der Waals surface area contributed by atoms with Crippen LogP contribution in [0.1, 0.15) is 101 Å². The molecule has 0 unspecified atom stereocenters. The fraction of sp³-hybridized carbons (Fsp3) is 0.778. The normalized spacial score (nSPS) is 20.6. The van der Waals surface area contributed by atoms with E-state index in [1.165, 1.54) is 30.6 Å². The maximum Gasteiger partial charge on any atom is 0.325 e. The first kappa shape index (κ1) is 44.9. The van der Waals surface area contributed by atoms with Crippen LogP contribution >= 0.6 is 0 Å². The van der Waals surface area contributed by atoms with Gasteiger partial charge in [-0.3, -0.25) is 38.4 Å². The van der Waals surface area contributed by atoms with Crippen molar-refractivity contribution in [3.8, 4) is 0 Å². The second-order valence-electron chi connectivity index (χ2n) is 15.6. The Morgan fingerprint density at radius 1 is 0.585 bits per heavy atom. The number of nitrogens with one attached hydrogen (secondary N) is 5. The van der Waals surface area contributed by atoms with Crippen LogP contribution < -0.4 is 32.3 Å². The minimum atomic E-state index is -1.21. The summed E-state index contributed by atoms with van der Waals surface area (Å²) in [6.45, 7) is 16.0. The first-order valence-electron chi connectivity index (χ1n) is 18.8. The van der Waals surface area contributed by atoms with Crippen LogP contribution in [0.2, 0.25) is 0 Å². The molecule has 7 amide bonds. The highest BCUT2D eigenvalue weighted by Gasteiger charge is 2.41. The molecule has 8 N–H and O–H groups in total. The van der Waals surface area contributed by atoms with E-state index >= 15 is 0 Å². The maximum atomic E-state index is 13.7. The molecule has 0 bridgehead atoms. The SMILES string of the molecule is CC(C)C[C@H](NC(=O)[C@@H](N)C(C)C)C(=O)N[C@@H](C)C(=O)N1CCC[C@H]1C(=O)N[C@@H](C)C(=O)N[C@@H](CC(C)C)C(=O)N1CCC[C@H]1C(=O)N[C@@H](C)C(=O)O. The molecule has 2 heterocycles. The summed E-state index contributed by atoms with van der Waals surface area (Å²) >= 11 is 0. The summed E-state index contributed by atoms with van der Waals surface area (Å²) in [5.74, 6) is -5.10. The highest BCUT2D eigenvalue weighted by Crippen LogP contribution is 2.22. The number of nitrogens with two attached hydrogens (primary N) is 1. The van der Waals surface area contributed by atoms with E-state index in [0.717, 1.165) is 0 Å². The van der Waals surface area contributed by atoms with Crippen LogP contribution in [0.25, 0.3) is 0 Å². The number of hydrogen-bond acceptors (Lipinski definition) is 9. The van der Waals surface area contributed by atoms with E-state index in [1.807, 2.05) is 27.7 Å². The largest absolute Gasteiger partial charge is 0.480 e. The average Bonchev–Trinajstić information content (AvgIpc) is 3.76. The fourth-order valence-corrected chi connectivity index (χ4v) is 6.44. The minimum absolute atomic E-state index is 0.0221. The Morgan fingerprint density at radius 3 is 1.51 bits per heavy atom. The zero-order chi connectivity index (χ0) is 40.3. The second kappa shape index (κ2) is 20.3. The van der Waals surface area contributed by atoms with E-state index in [0.29, 0.717) is 32.1 Å². The van der Waals surface area contributed by atoms with Gasteiger partial charge in [0.1, 0.15) is 42.3 Å². The topological polar surface area (TPSA) is 249 Å². The van der Waals surface area contributed by atoms with Gasteiger partial charge < -0.3 is 47.2 Å². The molecule has 0 aromatic heterocycles. The number of aliphatic carboxylic acids is 1. The molecular formula is C36H62N8O9. The first-order valence-corrected chi connectivity index (χ1v) is 18.8. The number of carbonyl (C=O) groups is 8. The van der Waals surface area contributed by atoms with E-state index in [4.69, 9.17) is 5.73 Å². The molecule has 0 saturated carbocycles. The van der Waals surface area contributed by atoms with E-state index in [2.05, 4.69) is 26.6 Å². The van der Waals surface area contributed by atoms with Crippen molar-refractivity contribution < 1.29 is 43.5 Å². The molecule has 2 fully saturated rings. The highest BCUT2D eigenvalue weighted by atomic mass is 16.4. The summed E-state index contributed by atoms with van der Waals surface area (Å²) in [7, 11) is 0. The van der Waals surface area contributed by atoms with Crippen molar-refractivity contribution in [2.75, 3.05) is 13.1 Å². The summed E-state index contributed by atoms with van der Waals surface area (Å²) in [6, 6.07) is -7.77. The Labute approximate surface area is 312 Å². The number of carbonyl (C=O) groups excluding carboxylic acids is 7. The second-order valence-corrected chi connectivity index (χ2v) is 15.6. The van der Waals surface area contributed by atoms with Gasteiger partial charge in [0.15, 0.2) is 0 Å². The van der Waals surface area contributed by atoms with Crippen LogP contribution in [-0.4, -0.2) is 124 Å². The van der Waals surface area contributed by atoms with E-state index < -0.39 is 95.7 Å². The van der Waals surface area contributed by atoms with Gasteiger partial charge in [-0.05, 0) is 77.0 Å². The molecule has 0 spiro atoms. The standard InChI is InChI=1S/C36H62N8O9/c1-18(2)16-24(41-33(49)28(37)20(5)6)30(46)39-22(8)34(50)43-14-10-12-26(43)31(47)38-21(7)29(45)42-25(17-19(3)4)35(51)44-15-11-13-27(44)32(48)40-23(9)36(52)53/h18-28H,10-17,37H2,1-9H3,(H,38,47)(H,39,46)(H,40,48)(H,41,49)(H,42,45)(H,52,53)/t21-,22-,23-,24-,25-,26-,27-,28-/m0/s1. The Bertz CT molecular complexity index is 1360. The molecule has 300 valence electrons. The van der Waals surface area contributed by atoms with Crippen LogP contribution in [0.5, 0.6) is 0 Å². The molecule has 17 nitrogen and oxygen atoms in total. The molecule has 53 heavy (non-hydrogen) atoms. The van der Waals surface area contributed by atoms with Crippen LogP contribution in [0.3, 0.4) is 0 Å². The zero-order valence-corrected chi connectivity index (χ0v) is 32.7. The molecule has 0 aromatic carbocycles. The third-order valence-corrected chi connectivity index (χ3v) is 9.57. The van der Waals surface area contributed by atoms with Crippen molar-refractivity contribution >= 4 is 47.3 Å². The predicted octanol–water partition coefficient (Wildman–Crippen LogP) is -0.388. The summed E-state index contributed by atoms with van der Waals surface area (Å²) in [5, 5.41) is 22.4. The first-order chi connectivity index (χ1) is 24.7. The van der Waals surface area contributed by atoms with Gasteiger partial charge in [-0.25, -0.2) is 0 Å². The van der Waals surface area contributed by atoms with Gasteiger partial charge in [0.25, 0.3) is 0 Å². The molecule has 0 aliphatic carbocycles. The van der Waals surface area contributed by atoms with Crippen LogP contribution in [0.4, 0.5) is 0 Å². The van der Waals surface area contributed by atoms with Crippen LogP contribution in [0.15, 0.2) is 0 Å². The zero-order valence-electron chi connectivity index (χ0n) is 32.7. The highest BCUT2D eigenvalue weighted by molar-refractivity contribution is 5.97.